The Kier molecular flexibility index (Phi) is 6.05. The summed E-state index contributed by atoms with van der Waals surface area (Å²) in [6.07, 6.45) is 5.32. The van der Waals surface area contributed by atoms with Crippen molar-refractivity contribution in [3.63, 3.8) is 0 Å². The van der Waals surface area contributed by atoms with Gasteiger partial charge >= 0.3 is 0 Å². The number of hydrogen-bond acceptors (Lipinski definition) is 5. The molecule has 0 amide bonds. The summed E-state index contributed by atoms with van der Waals surface area (Å²) in [7, 11) is -2.95. The Bertz CT molecular complexity index is 427. The first-order valence-corrected chi connectivity index (χ1v) is 10.1. The highest BCUT2D eigenvalue weighted by Gasteiger charge is 2.33. The van der Waals surface area contributed by atoms with Crippen LogP contribution in [-0.4, -0.2) is 69.3 Å². The molecule has 5 nitrogen and oxygen atoms in total. The molecule has 1 aliphatic carbocycles. The minimum atomic E-state index is -2.95. The van der Waals surface area contributed by atoms with Crippen LogP contribution in [0.2, 0.25) is 0 Å². The van der Waals surface area contributed by atoms with Gasteiger partial charge in [-0.1, -0.05) is 12.8 Å². The molecule has 1 saturated heterocycles. The zero-order chi connectivity index (χ0) is 15.5. The van der Waals surface area contributed by atoms with Gasteiger partial charge in [-0.2, -0.15) is 0 Å². The first-order chi connectivity index (χ1) is 9.89. The molecule has 0 radical (unpaired) electrons. The van der Waals surface area contributed by atoms with Gasteiger partial charge in [0, 0.05) is 37.5 Å². The third-order valence-corrected chi connectivity index (χ3v) is 6.58. The maximum Gasteiger partial charge on any atom is 0.151 e. The normalized spacial score (nSPS) is 33.8. The molecule has 1 saturated carbocycles. The summed E-state index contributed by atoms with van der Waals surface area (Å²) in [6, 6.07) is 0.964. The zero-order valence-corrected chi connectivity index (χ0v) is 14.4. The first kappa shape index (κ1) is 17.2. The van der Waals surface area contributed by atoms with E-state index in [-0.39, 0.29) is 11.3 Å². The van der Waals surface area contributed by atoms with E-state index in [4.69, 9.17) is 4.74 Å². The average molecular weight is 318 g/mol. The predicted octanol–water partition coefficient (Wildman–Crippen LogP) is 1.04. The maximum atomic E-state index is 11.9. The molecule has 4 atom stereocenters. The van der Waals surface area contributed by atoms with Crippen LogP contribution in [0.1, 0.15) is 39.5 Å². The Hall–Kier alpha value is -0.170. The standard InChI is InChI=1S/C15H30N2O3S/c1-12(17-8-9-20-11-13(17)2)10-16-14-6-4-5-7-15(14)21(3,18)19/h12-16H,4-11H2,1-3H3/t12-,13+,14-,15+/m1/s1. The van der Waals surface area contributed by atoms with E-state index in [1.807, 2.05) is 0 Å². The largest absolute Gasteiger partial charge is 0.379 e. The van der Waals surface area contributed by atoms with Crippen molar-refractivity contribution < 1.29 is 13.2 Å². The van der Waals surface area contributed by atoms with E-state index < -0.39 is 9.84 Å². The fourth-order valence-electron chi connectivity index (χ4n) is 3.68. The summed E-state index contributed by atoms with van der Waals surface area (Å²) < 4.78 is 29.3. The number of nitrogens with one attached hydrogen (secondary N) is 1. The van der Waals surface area contributed by atoms with Gasteiger partial charge in [-0.05, 0) is 26.7 Å². The predicted molar refractivity (Wildman–Crippen MR) is 85.3 cm³/mol. The van der Waals surface area contributed by atoms with Crippen LogP contribution >= 0.6 is 0 Å². The van der Waals surface area contributed by atoms with E-state index in [1.165, 1.54) is 6.26 Å². The minimum absolute atomic E-state index is 0.118. The Labute approximate surface area is 129 Å². The van der Waals surface area contributed by atoms with Crippen LogP contribution in [0.4, 0.5) is 0 Å². The van der Waals surface area contributed by atoms with E-state index in [0.29, 0.717) is 12.1 Å². The van der Waals surface area contributed by atoms with Crippen LogP contribution in [0.5, 0.6) is 0 Å². The first-order valence-electron chi connectivity index (χ1n) is 8.15. The lowest BCUT2D eigenvalue weighted by molar-refractivity contribution is -0.0186. The molecule has 0 aromatic heterocycles. The van der Waals surface area contributed by atoms with Crippen LogP contribution in [-0.2, 0) is 14.6 Å². The van der Waals surface area contributed by atoms with Crippen molar-refractivity contribution in [3.05, 3.63) is 0 Å². The van der Waals surface area contributed by atoms with Crippen molar-refractivity contribution in [3.8, 4) is 0 Å². The summed E-state index contributed by atoms with van der Waals surface area (Å²) in [5, 5.41) is 3.33. The van der Waals surface area contributed by atoms with E-state index in [1.54, 1.807) is 0 Å². The van der Waals surface area contributed by atoms with Crippen LogP contribution in [0, 0.1) is 0 Å². The second-order valence-electron chi connectivity index (χ2n) is 6.68. The van der Waals surface area contributed by atoms with Gasteiger partial charge in [-0.25, -0.2) is 8.42 Å². The van der Waals surface area contributed by atoms with E-state index in [0.717, 1.165) is 52.0 Å². The summed E-state index contributed by atoms with van der Waals surface area (Å²) >= 11 is 0. The van der Waals surface area contributed by atoms with Gasteiger partial charge in [0.05, 0.1) is 18.5 Å². The topological polar surface area (TPSA) is 58.6 Å². The summed E-state index contributed by atoms with van der Waals surface area (Å²) in [5.74, 6) is 0. The average Bonchev–Trinajstić information content (AvgIpc) is 2.44. The molecule has 6 heteroatoms. The van der Waals surface area contributed by atoms with Crippen molar-refractivity contribution in [1.82, 2.24) is 10.2 Å². The van der Waals surface area contributed by atoms with Gasteiger partial charge in [0.15, 0.2) is 9.84 Å². The minimum Gasteiger partial charge on any atom is -0.379 e. The van der Waals surface area contributed by atoms with Crippen molar-refractivity contribution in [1.29, 1.82) is 0 Å². The molecule has 1 aliphatic heterocycles. The monoisotopic (exact) mass is 318 g/mol. The molecule has 2 fully saturated rings. The van der Waals surface area contributed by atoms with Gasteiger partial charge in [0.1, 0.15) is 0 Å². The SMILES string of the molecule is C[C@H](CN[C@@H]1CCCC[C@@H]1S(C)(=O)=O)N1CCOC[C@@H]1C. The summed E-state index contributed by atoms with van der Waals surface area (Å²) in [4.78, 5) is 2.45. The lowest BCUT2D eigenvalue weighted by Gasteiger charge is -2.39. The molecule has 0 unspecified atom stereocenters. The van der Waals surface area contributed by atoms with Gasteiger partial charge in [0.25, 0.3) is 0 Å². The third kappa shape index (κ3) is 4.65. The summed E-state index contributed by atoms with van der Waals surface area (Å²) in [6.45, 7) is 7.80. The molecule has 21 heavy (non-hydrogen) atoms. The number of morpholine rings is 1. The number of sulfone groups is 1. The maximum absolute atomic E-state index is 11.9. The highest BCUT2D eigenvalue weighted by Crippen LogP contribution is 2.24. The highest BCUT2D eigenvalue weighted by molar-refractivity contribution is 7.91. The zero-order valence-electron chi connectivity index (χ0n) is 13.5. The molecule has 2 rings (SSSR count). The second-order valence-corrected chi connectivity index (χ2v) is 8.94. The lowest BCUT2D eigenvalue weighted by Crippen LogP contribution is -2.54. The molecule has 124 valence electrons. The van der Waals surface area contributed by atoms with E-state index >= 15 is 0 Å². The third-order valence-electron chi connectivity index (χ3n) is 4.91. The Morgan fingerprint density at radius 2 is 2.05 bits per heavy atom. The second kappa shape index (κ2) is 7.40. The molecule has 0 aromatic carbocycles. The van der Waals surface area contributed by atoms with Crippen molar-refractivity contribution >= 4 is 9.84 Å². The Balaban J connectivity index is 1.88. The van der Waals surface area contributed by atoms with Crippen molar-refractivity contribution in [2.45, 2.75) is 62.9 Å². The smallest absolute Gasteiger partial charge is 0.151 e. The van der Waals surface area contributed by atoms with E-state index in [2.05, 4.69) is 24.1 Å². The fraction of sp³-hybridized carbons (Fsp3) is 1.00. The molecule has 1 heterocycles. The van der Waals surface area contributed by atoms with Crippen LogP contribution in [0.3, 0.4) is 0 Å². The Morgan fingerprint density at radius 3 is 2.71 bits per heavy atom. The molecule has 0 aromatic rings. The summed E-state index contributed by atoms with van der Waals surface area (Å²) in [5.41, 5.74) is 0. The van der Waals surface area contributed by atoms with Gasteiger partial charge in [-0.15, -0.1) is 0 Å². The molecule has 0 spiro atoms. The molecule has 2 aliphatic rings. The number of ether oxygens (including phenoxy) is 1. The molecular formula is C15H30N2O3S. The van der Waals surface area contributed by atoms with Crippen LogP contribution in [0.15, 0.2) is 0 Å². The van der Waals surface area contributed by atoms with Gasteiger partial charge in [-0.3, -0.25) is 4.90 Å². The van der Waals surface area contributed by atoms with E-state index in [9.17, 15) is 8.42 Å². The lowest BCUT2D eigenvalue weighted by atomic mass is 9.94. The quantitative estimate of drug-likeness (QED) is 0.821. The molecular weight excluding hydrogens is 288 g/mol. The molecule has 1 N–H and O–H groups in total. The van der Waals surface area contributed by atoms with Crippen molar-refractivity contribution in [2.75, 3.05) is 32.6 Å². The molecule has 0 bridgehead atoms. The van der Waals surface area contributed by atoms with Crippen molar-refractivity contribution in [2.24, 2.45) is 0 Å². The number of hydrogen-bond donors (Lipinski definition) is 1. The Morgan fingerprint density at radius 1 is 1.33 bits per heavy atom. The van der Waals surface area contributed by atoms with Gasteiger partial charge in [0.2, 0.25) is 0 Å². The number of nitrogens with zero attached hydrogens (tertiary/aromatic N) is 1. The number of rotatable bonds is 5. The highest BCUT2D eigenvalue weighted by atomic mass is 32.2. The van der Waals surface area contributed by atoms with Crippen LogP contribution < -0.4 is 5.32 Å². The van der Waals surface area contributed by atoms with Crippen LogP contribution in [0.25, 0.3) is 0 Å². The fourth-order valence-corrected chi connectivity index (χ4v) is 5.10. The van der Waals surface area contributed by atoms with Gasteiger partial charge < -0.3 is 10.1 Å².